The second-order valence-corrected chi connectivity index (χ2v) is 4.85. The van der Waals surface area contributed by atoms with Crippen molar-refractivity contribution in [2.24, 2.45) is 0 Å². The largest absolute Gasteiger partial charge is 0.497 e. The summed E-state index contributed by atoms with van der Waals surface area (Å²) in [7, 11) is 1.56. The Morgan fingerprint density at radius 2 is 1.86 bits per heavy atom. The summed E-state index contributed by atoms with van der Waals surface area (Å²) in [5.41, 5.74) is 0.728. The van der Waals surface area contributed by atoms with Crippen LogP contribution in [0.1, 0.15) is 35.6 Å². The predicted octanol–water partition coefficient (Wildman–Crippen LogP) is 1.87. The maximum atomic E-state index is 12.4. The molecule has 0 aliphatic rings. The van der Waals surface area contributed by atoms with Crippen LogP contribution < -0.4 is 10.4 Å². The molecule has 0 bridgehead atoms. The third kappa shape index (κ3) is 3.61. The zero-order valence-electron chi connectivity index (χ0n) is 12.2. The number of ether oxygens (including phenoxy) is 2. The molecule has 112 valence electrons. The van der Waals surface area contributed by atoms with E-state index in [4.69, 9.17) is 9.47 Å². The zero-order valence-corrected chi connectivity index (χ0v) is 12.2. The number of benzene rings is 1. The van der Waals surface area contributed by atoms with Crippen molar-refractivity contribution in [2.75, 3.05) is 7.11 Å². The molecule has 2 rings (SSSR count). The number of carbonyl (C=O) groups is 1. The highest BCUT2D eigenvalue weighted by Gasteiger charge is 2.17. The summed E-state index contributed by atoms with van der Waals surface area (Å²) in [6.45, 7) is 3.94. The molecule has 0 fully saturated rings. The first kappa shape index (κ1) is 15.1. The van der Waals surface area contributed by atoms with Crippen molar-refractivity contribution in [3.63, 3.8) is 0 Å². The van der Waals surface area contributed by atoms with Gasteiger partial charge in [0.15, 0.2) is 0 Å². The van der Waals surface area contributed by atoms with Crippen LogP contribution in [0.5, 0.6) is 5.75 Å². The highest BCUT2D eigenvalue weighted by molar-refractivity contribution is 6.08. The molecule has 1 heterocycles. The minimum absolute atomic E-state index is 0.00680. The molecule has 0 radical (unpaired) electrons. The first-order valence-electron chi connectivity index (χ1n) is 6.62. The first-order chi connectivity index (χ1) is 10.0. The number of nitrogens with one attached hydrogen (secondary N) is 2. The van der Waals surface area contributed by atoms with E-state index >= 15 is 0 Å². The lowest BCUT2D eigenvalue weighted by atomic mass is 10.1. The van der Waals surface area contributed by atoms with E-state index in [1.807, 2.05) is 13.8 Å². The monoisotopic (exact) mass is 290 g/mol. The molecule has 0 amide bonds. The number of rotatable bonds is 6. The average Bonchev–Trinajstić information content (AvgIpc) is 2.85. The van der Waals surface area contributed by atoms with Gasteiger partial charge >= 0.3 is 5.69 Å². The van der Waals surface area contributed by atoms with Gasteiger partial charge in [0.25, 0.3) is 0 Å². The summed E-state index contributed by atoms with van der Waals surface area (Å²) in [6, 6.07) is 6.70. The molecule has 0 spiro atoms. The molecule has 0 saturated heterocycles. The van der Waals surface area contributed by atoms with E-state index in [0.29, 0.717) is 17.0 Å². The van der Waals surface area contributed by atoms with E-state index in [9.17, 15) is 9.59 Å². The second-order valence-electron chi connectivity index (χ2n) is 4.85. The molecule has 0 aliphatic carbocycles. The molecule has 1 aromatic carbocycles. The van der Waals surface area contributed by atoms with Gasteiger partial charge in [-0.2, -0.15) is 0 Å². The average molecular weight is 290 g/mol. The minimum atomic E-state index is -0.422. The van der Waals surface area contributed by atoms with Crippen LogP contribution in [0.3, 0.4) is 0 Å². The smallest absolute Gasteiger partial charge is 0.323 e. The number of hydrogen-bond acceptors (Lipinski definition) is 4. The third-order valence-electron chi connectivity index (χ3n) is 2.95. The Morgan fingerprint density at radius 1 is 1.19 bits per heavy atom. The summed E-state index contributed by atoms with van der Waals surface area (Å²) in [4.78, 5) is 29.0. The van der Waals surface area contributed by atoms with Gasteiger partial charge in [-0.15, -0.1) is 0 Å². The van der Waals surface area contributed by atoms with E-state index < -0.39 is 5.69 Å². The van der Waals surface area contributed by atoms with Crippen LogP contribution in [-0.4, -0.2) is 29.0 Å². The van der Waals surface area contributed by atoms with E-state index in [1.54, 1.807) is 31.4 Å². The van der Waals surface area contributed by atoms with Gasteiger partial charge in [-0.1, -0.05) is 0 Å². The summed E-state index contributed by atoms with van der Waals surface area (Å²) in [6.07, 6.45) is 0.00680. The standard InChI is InChI=1S/C15H18N2O4/c1-9(2)21-8-12-13(17-15(19)16-12)14(18)10-4-6-11(20-3)7-5-10/h4-7,9H,8H2,1-3H3,(H2,16,17,19). The fourth-order valence-electron chi connectivity index (χ4n) is 1.86. The minimum Gasteiger partial charge on any atom is -0.497 e. The number of ketones is 1. The van der Waals surface area contributed by atoms with Crippen molar-refractivity contribution in [1.82, 2.24) is 9.97 Å². The fraction of sp³-hybridized carbons (Fsp3) is 0.333. The number of H-pyrrole nitrogens is 2. The Labute approximate surface area is 122 Å². The lowest BCUT2D eigenvalue weighted by Gasteiger charge is -2.07. The molecule has 6 nitrogen and oxygen atoms in total. The number of aromatic amines is 2. The first-order valence-corrected chi connectivity index (χ1v) is 6.62. The molecule has 1 aromatic heterocycles. The number of methoxy groups -OCH3 is 1. The molecular formula is C15H18N2O4. The van der Waals surface area contributed by atoms with Gasteiger partial charge in [-0.05, 0) is 38.1 Å². The van der Waals surface area contributed by atoms with Gasteiger partial charge in [-0.25, -0.2) is 4.79 Å². The third-order valence-corrected chi connectivity index (χ3v) is 2.95. The van der Waals surface area contributed by atoms with E-state index in [0.717, 1.165) is 0 Å². The van der Waals surface area contributed by atoms with Crippen LogP contribution in [0.4, 0.5) is 0 Å². The summed E-state index contributed by atoms with van der Waals surface area (Å²) >= 11 is 0. The van der Waals surface area contributed by atoms with Crippen molar-refractivity contribution >= 4 is 5.78 Å². The fourth-order valence-corrected chi connectivity index (χ4v) is 1.86. The predicted molar refractivity (Wildman–Crippen MR) is 77.8 cm³/mol. The second kappa shape index (κ2) is 6.41. The summed E-state index contributed by atoms with van der Waals surface area (Å²) < 4.78 is 10.5. The van der Waals surface area contributed by atoms with Gasteiger partial charge in [0.1, 0.15) is 11.4 Å². The SMILES string of the molecule is COc1ccc(C(=O)c2[nH]c(=O)[nH]c2COC(C)C)cc1. The van der Waals surface area contributed by atoms with Crippen molar-refractivity contribution < 1.29 is 14.3 Å². The molecule has 0 unspecified atom stereocenters. The number of aromatic nitrogens is 2. The zero-order chi connectivity index (χ0) is 15.4. The Morgan fingerprint density at radius 3 is 2.43 bits per heavy atom. The molecule has 2 N–H and O–H groups in total. The number of hydrogen-bond donors (Lipinski definition) is 2. The number of carbonyl (C=O) groups excluding carboxylic acids is 1. The van der Waals surface area contributed by atoms with Gasteiger partial charge < -0.3 is 19.4 Å². The van der Waals surface area contributed by atoms with E-state index in [-0.39, 0.29) is 24.2 Å². The van der Waals surface area contributed by atoms with Gasteiger partial charge in [0.2, 0.25) is 5.78 Å². The summed E-state index contributed by atoms with van der Waals surface area (Å²) in [5.74, 6) is 0.399. The molecule has 6 heteroatoms. The van der Waals surface area contributed by atoms with Crippen LogP contribution in [0.25, 0.3) is 0 Å². The van der Waals surface area contributed by atoms with Crippen molar-refractivity contribution in [1.29, 1.82) is 0 Å². The van der Waals surface area contributed by atoms with Crippen LogP contribution in [0.2, 0.25) is 0 Å². The topological polar surface area (TPSA) is 84.2 Å². The highest BCUT2D eigenvalue weighted by atomic mass is 16.5. The number of imidazole rings is 1. The maximum absolute atomic E-state index is 12.4. The lowest BCUT2D eigenvalue weighted by molar-refractivity contribution is 0.0629. The molecule has 0 aliphatic heterocycles. The Hall–Kier alpha value is -2.34. The van der Waals surface area contributed by atoms with Crippen molar-refractivity contribution in [2.45, 2.75) is 26.6 Å². The van der Waals surface area contributed by atoms with Crippen molar-refractivity contribution in [3.8, 4) is 5.75 Å². The Bertz CT molecular complexity index is 668. The quantitative estimate of drug-likeness (QED) is 0.795. The van der Waals surface area contributed by atoms with Crippen LogP contribution >= 0.6 is 0 Å². The maximum Gasteiger partial charge on any atom is 0.323 e. The van der Waals surface area contributed by atoms with Gasteiger partial charge in [-0.3, -0.25) is 4.79 Å². The normalized spacial score (nSPS) is 10.9. The van der Waals surface area contributed by atoms with E-state index in [2.05, 4.69) is 9.97 Å². The molecule has 0 atom stereocenters. The molecule has 0 saturated carbocycles. The van der Waals surface area contributed by atoms with Crippen LogP contribution in [0, 0.1) is 0 Å². The lowest BCUT2D eigenvalue weighted by Crippen LogP contribution is -2.09. The van der Waals surface area contributed by atoms with E-state index in [1.165, 1.54) is 0 Å². The molecular weight excluding hydrogens is 272 g/mol. The van der Waals surface area contributed by atoms with Crippen LogP contribution in [0.15, 0.2) is 29.1 Å². The summed E-state index contributed by atoms with van der Waals surface area (Å²) in [5, 5.41) is 0. The van der Waals surface area contributed by atoms with Gasteiger partial charge in [0.05, 0.1) is 25.5 Å². The Balaban J connectivity index is 2.27. The molecule has 2 aromatic rings. The Kier molecular flexibility index (Phi) is 4.59. The highest BCUT2D eigenvalue weighted by Crippen LogP contribution is 2.15. The molecule has 21 heavy (non-hydrogen) atoms. The van der Waals surface area contributed by atoms with Crippen molar-refractivity contribution in [3.05, 3.63) is 51.7 Å². The van der Waals surface area contributed by atoms with Gasteiger partial charge in [0, 0.05) is 5.56 Å². The van der Waals surface area contributed by atoms with Crippen LogP contribution in [-0.2, 0) is 11.3 Å².